The van der Waals surface area contributed by atoms with Crippen LogP contribution in [0, 0.1) is 5.92 Å². The van der Waals surface area contributed by atoms with Gasteiger partial charge in [0.25, 0.3) is 0 Å². The fourth-order valence-electron chi connectivity index (χ4n) is 2.17. The van der Waals surface area contributed by atoms with Crippen molar-refractivity contribution < 1.29 is 9.90 Å². The number of aliphatic imine (C=N–C) groups is 1. The Morgan fingerprint density at radius 1 is 1.50 bits per heavy atom. The van der Waals surface area contributed by atoms with E-state index in [4.69, 9.17) is 5.11 Å². The van der Waals surface area contributed by atoms with Crippen molar-refractivity contribution in [2.75, 3.05) is 0 Å². The van der Waals surface area contributed by atoms with Crippen molar-refractivity contribution in [3.05, 3.63) is 0 Å². The van der Waals surface area contributed by atoms with Crippen LogP contribution in [0.5, 0.6) is 0 Å². The van der Waals surface area contributed by atoms with Gasteiger partial charge in [-0.2, -0.15) is 0 Å². The number of carboxylic acids is 1. The Bertz CT molecular complexity index is 235. The molecule has 2 rings (SSSR count). The van der Waals surface area contributed by atoms with E-state index in [0.29, 0.717) is 5.92 Å². The lowest BCUT2D eigenvalue weighted by atomic mass is 9.86. The van der Waals surface area contributed by atoms with Gasteiger partial charge in [0.05, 0.1) is 0 Å². The molecule has 66 valence electrons. The molecule has 0 bridgehead atoms. The van der Waals surface area contributed by atoms with Crippen molar-refractivity contribution in [2.24, 2.45) is 10.9 Å². The zero-order chi connectivity index (χ0) is 8.55. The molecule has 1 N–H and O–H groups in total. The molecule has 3 nitrogen and oxygen atoms in total. The highest BCUT2D eigenvalue weighted by Crippen LogP contribution is 2.31. The van der Waals surface area contributed by atoms with E-state index in [2.05, 4.69) is 4.99 Å². The van der Waals surface area contributed by atoms with E-state index in [1.807, 2.05) is 0 Å². The van der Waals surface area contributed by atoms with Crippen LogP contribution in [0.2, 0.25) is 0 Å². The molecular weight excluding hydrogens is 154 g/mol. The third-order valence-electron chi connectivity index (χ3n) is 2.82. The van der Waals surface area contributed by atoms with Gasteiger partial charge in [-0.1, -0.05) is 6.42 Å². The van der Waals surface area contributed by atoms with Crippen molar-refractivity contribution in [1.29, 1.82) is 0 Å². The highest BCUT2D eigenvalue weighted by atomic mass is 16.4. The van der Waals surface area contributed by atoms with E-state index >= 15 is 0 Å². The largest absolute Gasteiger partial charge is 0.480 e. The summed E-state index contributed by atoms with van der Waals surface area (Å²) >= 11 is 0. The maximum absolute atomic E-state index is 10.6. The number of carbonyl (C=O) groups is 1. The van der Waals surface area contributed by atoms with E-state index in [9.17, 15) is 4.79 Å². The smallest absolute Gasteiger partial charge is 0.328 e. The third-order valence-corrected chi connectivity index (χ3v) is 2.82. The fraction of sp³-hybridized carbons (Fsp3) is 0.778. The van der Waals surface area contributed by atoms with Crippen LogP contribution in [-0.2, 0) is 4.79 Å². The molecule has 1 fully saturated rings. The molecule has 0 amide bonds. The Morgan fingerprint density at radius 3 is 3.00 bits per heavy atom. The number of carboxylic acid groups (broad SMARTS) is 1. The van der Waals surface area contributed by atoms with Gasteiger partial charge in [-0.25, -0.2) is 4.79 Å². The first-order chi connectivity index (χ1) is 5.77. The summed E-state index contributed by atoms with van der Waals surface area (Å²) in [5.41, 5.74) is 1.17. The van der Waals surface area contributed by atoms with E-state index in [1.54, 1.807) is 0 Å². The molecule has 1 heterocycles. The van der Waals surface area contributed by atoms with Crippen LogP contribution in [0.25, 0.3) is 0 Å². The minimum atomic E-state index is -0.753. The second kappa shape index (κ2) is 2.88. The monoisotopic (exact) mass is 167 g/mol. The number of hydrogen-bond donors (Lipinski definition) is 1. The molecule has 12 heavy (non-hydrogen) atoms. The SMILES string of the molecule is O=C(O)C1CC2CCCCC2=N1. The molecule has 2 unspecified atom stereocenters. The van der Waals surface area contributed by atoms with Crippen molar-refractivity contribution in [1.82, 2.24) is 0 Å². The van der Waals surface area contributed by atoms with Gasteiger partial charge in [-0.05, 0) is 31.6 Å². The molecule has 0 saturated heterocycles. The Hall–Kier alpha value is -0.860. The topological polar surface area (TPSA) is 49.7 Å². The molecule has 1 saturated carbocycles. The zero-order valence-electron chi connectivity index (χ0n) is 6.99. The lowest BCUT2D eigenvalue weighted by molar-refractivity contribution is -0.138. The summed E-state index contributed by atoms with van der Waals surface area (Å²) in [4.78, 5) is 14.9. The third kappa shape index (κ3) is 1.24. The summed E-state index contributed by atoms with van der Waals surface area (Å²) in [5, 5.41) is 8.75. The predicted octanol–water partition coefficient (Wildman–Crippen LogP) is 1.47. The van der Waals surface area contributed by atoms with Crippen LogP contribution in [0.15, 0.2) is 4.99 Å². The lowest BCUT2D eigenvalue weighted by Gasteiger charge is -2.17. The maximum Gasteiger partial charge on any atom is 0.328 e. The second-order valence-corrected chi connectivity index (χ2v) is 3.65. The van der Waals surface area contributed by atoms with Crippen molar-refractivity contribution >= 4 is 11.7 Å². The number of rotatable bonds is 1. The summed E-state index contributed by atoms with van der Waals surface area (Å²) in [6, 6.07) is -0.428. The molecule has 1 aliphatic heterocycles. The van der Waals surface area contributed by atoms with Crippen molar-refractivity contribution in [2.45, 2.75) is 38.1 Å². The summed E-state index contributed by atoms with van der Waals surface area (Å²) in [6.45, 7) is 0. The van der Waals surface area contributed by atoms with Crippen molar-refractivity contribution in [3.8, 4) is 0 Å². The van der Waals surface area contributed by atoms with Crippen LogP contribution in [0.1, 0.15) is 32.1 Å². The minimum absolute atomic E-state index is 0.428. The van der Waals surface area contributed by atoms with Gasteiger partial charge in [0.1, 0.15) is 6.04 Å². The molecule has 2 atom stereocenters. The van der Waals surface area contributed by atoms with Gasteiger partial charge < -0.3 is 5.11 Å². The van der Waals surface area contributed by atoms with Crippen LogP contribution in [0.4, 0.5) is 0 Å². The Morgan fingerprint density at radius 2 is 2.33 bits per heavy atom. The van der Waals surface area contributed by atoms with E-state index < -0.39 is 12.0 Å². The number of nitrogens with zero attached hydrogens (tertiary/aromatic N) is 1. The average Bonchev–Trinajstić information content (AvgIpc) is 2.46. The highest BCUT2D eigenvalue weighted by Gasteiger charge is 2.33. The number of aliphatic carboxylic acids is 1. The van der Waals surface area contributed by atoms with Gasteiger partial charge in [0, 0.05) is 5.71 Å². The van der Waals surface area contributed by atoms with Crippen LogP contribution < -0.4 is 0 Å². The minimum Gasteiger partial charge on any atom is -0.480 e. The molecule has 0 aromatic carbocycles. The number of fused-ring (bicyclic) bond motifs is 1. The quantitative estimate of drug-likeness (QED) is 0.643. The van der Waals surface area contributed by atoms with Gasteiger partial charge in [0.2, 0.25) is 0 Å². The number of hydrogen-bond acceptors (Lipinski definition) is 2. The molecule has 3 heteroatoms. The highest BCUT2D eigenvalue weighted by molar-refractivity contribution is 5.93. The van der Waals surface area contributed by atoms with Gasteiger partial charge in [-0.15, -0.1) is 0 Å². The first-order valence-corrected chi connectivity index (χ1v) is 4.57. The molecule has 0 aromatic heterocycles. The van der Waals surface area contributed by atoms with Crippen LogP contribution in [0.3, 0.4) is 0 Å². The standard InChI is InChI=1S/C9H13NO2/c11-9(12)8-5-6-3-1-2-4-7(6)10-8/h6,8H,1-5H2,(H,11,12). The van der Waals surface area contributed by atoms with Gasteiger partial charge >= 0.3 is 5.97 Å². The van der Waals surface area contributed by atoms with Crippen LogP contribution >= 0.6 is 0 Å². The summed E-state index contributed by atoms with van der Waals surface area (Å²) < 4.78 is 0. The van der Waals surface area contributed by atoms with E-state index in [1.165, 1.54) is 18.6 Å². The zero-order valence-corrected chi connectivity index (χ0v) is 6.99. The molecule has 0 radical (unpaired) electrons. The summed E-state index contributed by atoms with van der Waals surface area (Å²) in [5.74, 6) is -0.253. The first kappa shape index (κ1) is 7.77. The molecule has 2 aliphatic rings. The van der Waals surface area contributed by atoms with E-state index in [-0.39, 0.29) is 0 Å². The molecule has 0 aromatic rings. The fourth-order valence-corrected chi connectivity index (χ4v) is 2.17. The normalized spacial score (nSPS) is 34.2. The Labute approximate surface area is 71.5 Å². The van der Waals surface area contributed by atoms with Gasteiger partial charge in [0.15, 0.2) is 0 Å². The molecule has 1 aliphatic carbocycles. The van der Waals surface area contributed by atoms with E-state index in [0.717, 1.165) is 19.3 Å². The molecular formula is C9H13NO2. The van der Waals surface area contributed by atoms with Crippen molar-refractivity contribution in [3.63, 3.8) is 0 Å². The Kier molecular flexibility index (Phi) is 1.87. The summed E-state index contributed by atoms with van der Waals surface area (Å²) in [6.07, 6.45) is 5.39. The lowest BCUT2D eigenvalue weighted by Crippen LogP contribution is -2.17. The molecule has 0 spiro atoms. The Balaban J connectivity index is 2.09. The average molecular weight is 167 g/mol. The predicted molar refractivity (Wildman–Crippen MR) is 45.4 cm³/mol. The maximum atomic E-state index is 10.6. The second-order valence-electron chi connectivity index (χ2n) is 3.65. The van der Waals surface area contributed by atoms with Crippen LogP contribution in [-0.4, -0.2) is 22.8 Å². The first-order valence-electron chi connectivity index (χ1n) is 4.57. The van der Waals surface area contributed by atoms with Gasteiger partial charge in [-0.3, -0.25) is 4.99 Å². The summed E-state index contributed by atoms with van der Waals surface area (Å²) in [7, 11) is 0.